The normalized spacial score (nSPS) is 17.5. The fourth-order valence-electron chi connectivity index (χ4n) is 1.53. The first-order valence-corrected chi connectivity index (χ1v) is 4.78. The summed E-state index contributed by atoms with van der Waals surface area (Å²) in [6, 6.07) is 3.28. The van der Waals surface area contributed by atoms with Gasteiger partial charge in [0.15, 0.2) is 0 Å². The molecule has 2 rings (SSSR count). The van der Waals surface area contributed by atoms with E-state index in [2.05, 4.69) is 4.98 Å². The van der Waals surface area contributed by atoms with Crippen LogP contribution in [0.1, 0.15) is 17.2 Å². The second-order valence-corrected chi connectivity index (χ2v) is 3.73. The van der Waals surface area contributed by atoms with Gasteiger partial charge >= 0.3 is 6.98 Å². The molecular weight excluding hydrogens is 206 g/mol. The van der Waals surface area contributed by atoms with Gasteiger partial charge < -0.3 is 17.7 Å². The highest BCUT2D eigenvalue weighted by atomic mass is 19.4. The van der Waals surface area contributed by atoms with Crippen molar-refractivity contribution in [2.45, 2.75) is 12.2 Å². The van der Waals surface area contributed by atoms with E-state index in [1.807, 2.05) is 0 Å². The lowest BCUT2D eigenvalue weighted by molar-refractivity contribution is 0.00837. The molecule has 0 unspecified atom stereocenters. The van der Waals surface area contributed by atoms with Gasteiger partial charge in [-0.2, -0.15) is 0 Å². The van der Waals surface area contributed by atoms with Crippen molar-refractivity contribution in [1.29, 1.82) is 0 Å². The van der Waals surface area contributed by atoms with E-state index >= 15 is 0 Å². The molecular formula is C9H10BF3NO-. The third-order valence-electron chi connectivity index (χ3n) is 2.39. The standard InChI is InChI=1S/C9H10BF3NO/c11-10(12,13)4-9-3-7(1-2-14-9)8-5-15-6-8/h1-3,8H,4-6H2/q-1. The van der Waals surface area contributed by atoms with Crippen molar-refractivity contribution in [3.05, 3.63) is 29.6 Å². The van der Waals surface area contributed by atoms with Crippen molar-refractivity contribution in [3.63, 3.8) is 0 Å². The summed E-state index contributed by atoms with van der Waals surface area (Å²) in [6.45, 7) is -3.60. The van der Waals surface area contributed by atoms with Crippen molar-refractivity contribution >= 4 is 6.98 Å². The minimum absolute atomic E-state index is 0.104. The molecule has 0 bridgehead atoms. The summed E-state index contributed by atoms with van der Waals surface area (Å²) in [6.07, 6.45) is 0.534. The fraction of sp³-hybridized carbons (Fsp3) is 0.444. The summed E-state index contributed by atoms with van der Waals surface area (Å²) >= 11 is 0. The number of halogens is 3. The third-order valence-corrected chi connectivity index (χ3v) is 2.39. The molecule has 0 saturated carbocycles. The average Bonchev–Trinajstić information content (AvgIpc) is 1.97. The second-order valence-electron chi connectivity index (χ2n) is 3.73. The Balaban J connectivity index is 2.11. The summed E-state index contributed by atoms with van der Waals surface area (Å²) in [5.74, 6) is 0.243. The van der Waals surface area contributed by atoms with Crippen molar-refractivity contribution in [2.75, 3.05) is 13.2 Å². The van der Waals surface area contributed by atoms with Crippen LogP contribution in [0.3, 0.4) is 0 Å². The first-order chi connectivity index (χ1) is 7.04. The van der Waals surface area contributed by atoms with Crippen LogP contribution < -0.4 is 0 Å². The van der Waals surface area contributed by atoms with Gasteiger partial charge in [0.25, 0.3) is 0 Å². The number of pyridine rings is 1. The van der Waals surface area contributed by atoms with Gasteiger partial charge in [-0.3, -0.25) is 4.98 Å². The SMILES string of the molecule is F[B-](F)(F)Cc1cc(C2COC2)ccn1. The van der Waals surface area contributed by atoms with Crippen LogP contribution in [-0.2, 0) is 11.1 Å². The van der Waals surface area contributed by atoms with Gasteiger partial charge in [0, 0.05) is 17.8 Å². The molecule has 0 radical (unpaired) electrons. The van der Waals surface area contributed by atoms with Crippen LogP contribution in [0.5, 0.6) is 0 Å². The topological polar surface area (TPSA) is 22.1 Å². The monoisotopic (exact) mass is 216 g/mol. The molecule has 1 saturated heterocycles. The van der Waals surface area contributed by atoms with Crippen LogP contribution in [0.15, 0.2) is 18.3 Å². The minimum Gasteiger partial charge on any atom is -0.449 e. The maximum atomic E-state index is 12.2. The van der Waals surface area contributed by atoms with Crippen molar-refractivity contribution in [2.24, 2.45) is 0 Å². The number of nitrogens with zero attached hydrogens (tertiary/aromatic N) is 1. The predicted octanol–water partition coefficient (Wildman–Crippen LogP) is 2.12. The molecule has 0 N–H and O–H groups in total. The quantitative estimate of drug-likeness (QED) is 0.722. The average molecular weight is 216 g/mol. The zero-order chi connectivity index (χ0) is 10.9. The number of hydrogen-bond donors (Lipinski definition) is 0. The Morgan fingerprint density at radius 1 is 1.40 bits per heavy atom. The molecule has 0 spiro atoms. The fourth-order valence-corrected chi connectivity index (χ4v) is 1.53. The molecule has 6 heteroatoms. The zero-order valence-corrected chi connectivity index (χ0v) is 8.00. The number of aromatic nitrogens is 1. The van der Waals surface area contributed by atoms with Crippen molar-refractivity contribution in [3.8, 4) is 0 Å². The molecule has 0 aliphatic carbocycles. The lowest BCUT2D eigenvalue weighted by Gasteiger charge is -2.26. The van der Waals surface area contributed by atoms with E-state index in [0.29, 0.717) is 13.2 Å². The predicted molar refractivity (Wildman–Crippen MR) is 50.6 cm³/mol. The van der Waals surface area contributed by atoms with Crippen LogP contribution in [0, 0.1) is 0 Å². The molecule has 0 amide bonds. The number of ether oxygens (including phenoxy) is 1. The summed E-state index contributed by atoms with van der Waals surface area (Å²) in [5.41, 5.74) is 0.998. The smallest absolute Gasteiger partial charge is 0.449 e. The highest BCUT2D eigenvalue weighted by Gasteiger charge is 2.25. The number of rotatable bonds is 3. The maximum absolute atomic E-state index is 12.2. The molecule has 1 fully saturated rings. The third kappa shape index (κ3) is 2.71. The molecule has 2 heterocycles. The van der Waals surface area contributed by atoms with E-state index in [1.54, 1.807) is 6.07 Å². The largest absolute Gasteiger partial charge is 0.484 e. The van der Waals surface area contributed by atoms with Crippen LogP contribution in [0.2, 0.25) is 0 Å². The highest BCUT2D eigenvalue weighted by molar-refractivity contribution is 6.57. The first-order valence-electron chi connectivity index (χ1n) is 4.78. The molecule has 2 nitrogen and oxygen atoms in total. The Morgan fingerprint density at radius 3 is 2.67 bits per heavy atom. The van der Waals surface area contributed by atoms with Gasteiger partial charge in [-0.1, -0.05) is 0 Å². The Bertz CT molecular complexity index is 351. The highest BCUT2D eigenvalue weighted by Crippen LogP contribution is 2.25. The zero-order valence-electron chi connectivity index (χ0n) is 8.00. The Hall–Kier alpha value is -1.04. The molecule has 1 aromatic heterocycles. The van der Waals surface area contributed by atoms with Crippen LogP contribution in [-0.4, -0.2) is 25.2 Å². The van der Waals surface area contributed by atoms with E-state index in [9.17, 15) is 12.9 Å². The Labute approximate surface area is 85.5 Å². The second kappa shape index (κ2) is 3.85. The van der Waals surface area contributed by atoms with Crippen molar-refractivity contribution < 1.29 is 17.7 Å². The molecule has 0 atom stereocenters. The molecule has 1 aromatic rings. The van der Waals surface area contributed by atoms with Crippen LogP contribution in [0.4, 0.5) is 12.9 Å². The first kappa shape index (κ1) is 10.5. The Morgan fingerprint density at radius 2 is 2.13 bits per heavy atom. The van der Waals surface area contributed by atoms with Gasteiger partial charge in [-0.15, -0.1) is 0 Å². The van der Waals surface area contributed by atoms with Gasteiger partial charge in [-0.05, 0) is 24.0 Å². The summed E-state index contributed by atoms with van der Waals surface area (Å²) in [5, 5.41) is 0. The molecule has 1 aliphatic heterocycles. The minimum atomic E-state index is -4.80. The van der Waals surface area contributed by atoms with Gasteiger partial charge in [0.1, 0.15) is 0 Å². The summed E-state index contributed by atoms with van der Waals surface area (Å²) in [7, 11) is 0. The maximum Gasteiger partial charge on any atom is 0.484 e. The molecule has 15 heavy (non-hydrogen) atoms. The summed E-state index contributed by atoms with van der Waals surface area (Å²) < 4.78 is 41.5. The molecule has 82 valence electrons. The van der Waals surface area contributed by atoms with Gasteiger partial charge in [0.2, 0.25) is 0 Å². The summed E-state index contributed by atoms with van der Waals surface area (Å²) in [4.78, 5) is 3.72. The molecule has 1 aliphatic rings. The van der Waals surface area contributed by atoms with Gasteiger partial charge in [0.05, 0.1) is 13.2 Å². The van der Waals surface area contributed by atoms with Crippen LogP contribution >= 0.6 is 0 Å². The van der Waals surface area contributed by atoms with E-state index in [4.69, 9.17) is 4.74 Å². The van der Waals surface area contributed by atoms with E-state index in [0.717, 1.165) is 5.56 Å². The van der Waals surface area contributed by atoms with Gasteiger partial charge in [-0.25, -0.2) is 0 Å². The van der Waals surface area contributed by atoms with Crippen molar-refractivity contribution in [1.82, 2.24) is 4.98 Å². The van der Waals surface area contributed by atoms with E-state index in [-0.39, 0.29) is 11.6 Å². The number of hydrogen-bond acceptors (Lipinski definition) is 2. The lowest BCUT2D eigenvalue weighted by atomic mass is 9.83. The van der Waals surface area contributed by atoms with E-state index < -0.39 is 13.3 Å². The Kier molecular flexibility index (Phi) is 2.69. The van der Waals surface area contributed by atoms with Crippen LogP contribution in [0.25, 0.3) is 0 Å². The lowest BCUT2D eigenvalue weighted by Crippen LogP contribution is -2.26. The molecule has 0 aromatic carbocycles. The van der Waals surface area contributed by atoms with E-state index in [1.165, 1.54) is 12.3 Å².